The average molecular weight is 391 g/mol. The Balaban J connectivity index is 1.58. The summed E-state index contributed by atoms with van der Waals surface area (Å²) < 4.78 is 6.96. The number of nitrogens with one attached hydrogen (secondary N) is 2. The number of quaternary nitrogens is 1. The van der Waals surface area contributed by atoms with Crippen molar-refractivity contribution < 1.29 is 14.4 Å². The lowest BCUT2D eigenvalue weighted by molar-refractivity contribution is -0.886. The second-order valence-electron chi connectivity index (χ2n) is 7.35. The number of aromatic nitrogens is 2. The number of likely N-dealkylation sites (tertiary alicyclic amines) is 1. The van der Waals surface area contributed by atoms with Crippen LogP contribution in [0.5, 0.6) is 5.75 Å². The van der Waals surface area contributed by atoms with Gasteiger partial charge in [-0.15, -0.1) is 0 Å². The molecule has 0 unspecified atom stereocenters. The molecule has 0 bridgehead atoms. The van der Waals surface area contributed by atoms with Crippen LogP contribution in [-0.4, -0.2) is 49.0 Å². The molecule has 3 aromatic rings. The Morgan fingerprint density at radius 1 is 1.10 bits per heavy atom. The molecule has 2 heterocycles. The predicted octanol–water partition coefficient (Wildman–Crippen LogP) is 1.96. The van der Waals surface area contributed by atoms with E-state index in [-0.39, 0.29) is 5.91 Å². The molecule has 2 aromatic carbocycles. The molecule has 0 spiro atoms. The summed E-state index contributed by atoms with van der Waals surface area (Å²) in [6.07, 6.45) is 2.57. The van der Waals surface area contributed by atoms with Gasteiger partial charge in [-0.3, -0.25) is 4.79 Å². The molecule has 1 amide bonds. The maximum atomic E-state index is 13.0. The van der Waals surface area contributed by atoms with E-state index in [4.69, 9.17) is 9.84 Å². The Labute approximate surface area is 171 Å². The van der Waals surface area contributed by atoms with Crippen molar-refractivity contribution in [3.8, 4) is 22.7 Å². The van der Waals surface area contributed by atoms with Crippen molar-refractivity contribution in [1.82, 2.24) is 15.1 Å². The molecular formula is C23H27N4O2+. The number of para-hydroxylation sites is 1. The van der Waals surface area contributed by atoms with Crippen molar-refractivity contribution in [1.29, 1.82) is 0 Å². The number of amides is 1. The third kappa shape index (κ3) is 4.49. The second-order valence-corrected chi connectivity index (χ2v) is 7.35. The number of hydrogen-bond acceptors (Lipinski definition) is 3. The van der Waals surface area contributed by atoms with Crippen LogP contribution >= 0.6 is 0 Å². The van der Waals surface area contributed by atoms with Crippen LogP contribution < -0.4 is 15.0 Å². The zero-order valence-corrected chi connectivity index (χ0v) is 16.7. The van der Waals surface area contributed by atoms with Gasteiger partial charge < -0.3 is 15.0 Å². The lowest BCUT2D eigenvalue weighted by Crippen LogP contribution is -3.10. The van der Waals surface area contributed by atoms with Gasteiger partial charge in [-0.1, -0.05) is 18.2 Å². The first kappa shape index (κ1) is 19.2. The maximum absolute atomic E-state index is 13.0. The van der Waals surface area contributed by atoms with Gasteiger partial charge in [0.2, 0.25) is 0 Å². The summed E-state index contributed by atoms with van der Waals surface area (Å²) in [5.41, 5.74) is 3.10. The minimum absolute atomic E-state index is 0.0975. The molecule has 0 saturated carbocycles. The van der Waals surface area contributed by atoms with Gasteiger partial charge in [0.1, 0.15) is 11.4 Å². The van der Waals surface area contributed by atoms with Crippen LogP contribution in [0.1, 0.15) is 23.3 Å². The van der Waals surface area contributed by atoms with Crippen LogP contribution in [0.3, 0.4) is 0 Å². The summed E-state index contributed by atoms with van der Waals surface area (Å²) in [6, 6.07) is 19.3. The van der Waals surface area contributed by atoms with Crippen molar-refractivity contribution in [2.24, 2.45) is 0 Å². The molecule has 1 aromatic heterocycles. The molecule has 1 aliphatic heterocycles. The van der Waals surface area contributed by atoms with Crippen LogP contribution in [0.4, 0.5) is 0 Å². The highest BCUT2D eigenvalue weighted by Gasteiger charge is 2.19. The van der Waals surface area contributed by atoms with Gasteiger partial charge in [0.05, 0.1) is 44.7 Å². The third-order valence-corrected chi connectivity index (χ3v) is 5.40. The topological polar surface area (TPSA) is 60.6 Å². The van der Waals surface area contributed by atoms with Gasteiger partial charge in [0.25, 0.3) is 5.91 Å². The fourth-order valence-corrected chi connectivity index (χ4v) is 3.78. The highest BCUT2D eigenvalue weighted by Crippen LogP contribution is 2.24. The van der Waals surface area contributed by atoms with E-state index in [1.165, 1.54) is 25.9 Å². The van der Waals surface area contributed by atoms with E-state index in [1.54, 1.807) is 16.7 Å². The monoisotopic (exact) mass is 391 g/mol. The van der Waals surface area contributed by atoms with E-state index in [9.17, 15) is 4.79 Å². The van der Waals surface area contributed by atoms with Gasteiger partial charge in [0, 0.05) is 18.4 Å². The first-order valence-corrected chi connectivity index (χ1v) is 10.2. The minimum Gasteiger partial charge on any atom is -0.497 e. The zero-order valence-electron chi connectivity index (χ0n) is 16.7. The molecule has 29 heavy (non-hydrogen) atoms. The molecule has 6 nitrogen and oxygen atoms in total. The van der Waals surface area contributed by atoms with Crippen molar-refractivity contribution >= 4 is 5.91 Å². The smallest absolute Gasteiger partial charge is 0.270 e. The summed E-state index contributed by atoms with van der Waals surface area (Å²) in [6.45, 7) is 4.06. The van der Waals surface area contributed by atoms with Crippen molar-refractivity contribution in [2.45, 2.75) is 12.8 Å². The largest absolute Gasteiger partial charge is 0.497 e. The number of carbonyl (C=O) groups is 1. The predicted molar refractivity (Wildman–Crippen MR) is 113 cm³/mol. The zero-order chi connectivity index (χ0) is 20.1. The van der Waals surface area contributed by atoms with Crippen LogP contribution in [0, 0.1) is 0 Å². The quantitative estimate of drug-likeness (QED) is 0.647. The lowest BCUT2D eigenvalue weighted by atomic mass is 10.1. The Hall–Kier alpha value is -3.12. The molecule has 1 aliphatic rings. The summed E-state index contributed by atoms with van der Waals surface area (Å²) in [5.74, 6) is 0.693. The normalized spacial score (nSPS) is 14.1. The Morgan fingerprint density at radius 3 is 2.52 bits per heavy atom. The van der Waals surface area contributed by atoms with Crippen molar-refractivity contribution in [3.05, 3.63) is 66.4 Å². The van der Waals surface area contributed by atoms with E-state index >= 15 is 0 Å². The SMILES string of the molecule is COc1ccc(-c2cc(C(=O)NCC[NH+]3CCCC3)n(-c3ccccc3)n2)cc1. The van der Waals surface area contributed by atoms with Crippen LogP contribution in [0.2, 0.25) is 0 Å². The van der Waals surface area contributed by atoms with Crippen LogP contribution in [0.25, 0.3) is 16.9 Å². The number of rotatable bonds is 7. The van der Waals surface area contributed by atoms with E-state index in [1.807, 2.05) is 60.7 Å². The van der Waals surface area contributed by atoms with Crippen LogP contribution in [0.15, 0.2) is 60.7 Å². The Morgan fingerprint density at radius 2 is 1.83 bits per heavy atom. The number of methoxy groups -OCH3 is 1. The molecule has 0 aliphatic carbocycles. The molecule has 1 fully saturated rings. The number of carbonyl (C=O) groups excluding carboxylic acids is 1. The van der Waals surface area contributed by atoms with E-state index in [0.717, 1.165) is 29.2 Å². The molecule has 4 rings (SSSR count). The lowest BCUT2D eigenvalue weighted by Gasteiger charge is -2.12. The molecule has 1 saturated heterocycles. The molecule has 0 atom stereocenters. The second kappa shape index (κ2) is 8.92. The summed E-state index contributed by atoms with van der Waals surface area (Å²) in [4.78, 5) is 14.5. The number of ether oxygens (including phenoxy) is 1. The van der Waals surface area contributed by atoms with Gasteiger partial charge in [-0.05, 0) is 42.5 Å². The fourth-order valence-electron chi connectivity index (χ4n) is 3.78. The van der Waals surface area contributed by atoms with Crippen LogP contribution in [-0.2, 0) is 0 Å². The molecule has 2 N–H and O–H groups in total. The molecular weight excluding hydrogens is 364 g/mol. The molecule has 0 radical (unpaired) electrons. The third-order valence-electron chi connectivity index (χ3n) is 5.40. The van der Waals surface area contributed by atoms with Gasteiger partial charge in [-0.2, -0.15) is 5.10 Å². The van der Waals surface area contributed by atoms with E-state index in [0.29, 0.717) is 12.2 Å². The van der Waals surface area contributed by atoms with Gasteiger partial charge in [-0.25, -0.2) is 4.68 Å². The molecule has 150 valence electrons. The number of benzene rings is 2. The average Bonchev–Trinajstić information content (AvgIpc) is 3.45. The van der Waals surface area contributed by atoms with Crippen molar-refractivity contribution in [3.63, 3.8) is 0 Å². The summed E-state index contributed by atoms with van der Waals surface area (Å²) in [7, 11) is 1.64. The summed E-state index contributed by atoms with van der Waals surface area (Å²) in [5, 5.41) is 7.80. The highest BCUT2D eigenvalue weighted by molar-refractivity contribution is 5.94. The fraction of sp³-hybridized carbons (Fsp3) is 0.304. The van der Waals surface area contributed by atoms with E-state index in [2.05, 4.69) is 5.32 Å². The van der Waals surface area contributed by atoms with E-state index < -0.39 is 0 Å². The standard InChI is InChI=1S/C23H26N4O2/c1-29-20-11-9-18(10-12-20)21-17-22(27(25-21)19-7-3-2-4-8-19)23(28)24-13-16-26-14-5-6-15-26/h2-4,7-12,17H,5-6,13-16H2,1H3,(H,24,28)/p+1. The minimum atomic E-state index is -0.0975. The first-order chi connectivity index (χ1) is 14.2. The maximum Gasteiger partial charge on any atom is 0.270 e. The highest BCUT2D eigenvalue weighted by atomic mass is 16.5. The number of nitrogens with zero attached hydrogens (tertiary/aromatic N) is 2. The van der Waals surface area contributed by atoms with Gasteiger partial charge >= 0.3 is 0 Å². The summed E-state index contributed by atoms with van der Waals surface area (Å²) >= 11 is 0. The number of hydrogen-bond donors (Lipinski definition) is 2. The Bertz CT molecular complexity index is 945. The Kier molecular flexibility index (Phi) is 5.91. The van der Waals surface area contributed by atoms with Gasteiger partial charge in [0.15, 0.2) is 0 Å². The first-order valence-electron chi connectivity index (χ1n) is 10.2. The van der Waals surface area contributed by atoms with Crippen molar-refractivity contribution in [2.75, 3.05) is 33.3 Å². The molecule has 6 heteroatoms.